The van der Waals surface area contributed by atoms with E-state index in [4.69, 9.17) is 19.4 Å². The van der Waals surface area contributed by atoms with Crippen LogP contribution in [0.4, 0.5) is 21.8 Å². The number of hydrogen-bond acceptors (Lipinski definition) is 9. The third-order valence-electron chi connectivity index (χ3n) is 6.33. The Balaban J connectivity index is 1.53. The molecule has 0 aliphatic heterocycles. The molecule has 1 N–H and O–H groups in total. The second-order valence-corrected chi connectivity index (χ2v) is 9.42. The standard InChI is InChI=1S/C31H30FN7O2/c1-20-5-14-28(29(34-20)37-25-15-24(32)16-33-17-25)30-35-21(2)36-31(38-30)39(18-22-6-10-26(40-3)11-7-22)19-23-8-12-27(41-4)13-9-23/h5-17H,18-19H2,1-4H3,(H,34,37). The van der Waals surface area contributed by atoms with Gasteiger partial charge in [-0.05, 0) is 61.4 Å². The quantitative estimate of drug-likeness (QED) is 0.222. The zero-order valence-electron chi connectivity index (χ0n) is 23.3. The van der Waals surface area contributed by atoms with E-state index >= 15 is 0 Å². The molecule has 9 nitrogen and oxygen atoms in total. The highest BCUT2D eigenvalue weighted by Crippen LogP contribution is 2.29. The molecule has 0 spiro atoms. The summed E-state index contributed by atoms with van der Waals surface area (Å²) in [6.45, 7) is 4.81. The number of benzene rings is 2. The fraction of sp³-hybridized carbons (Fsp3) is 0.194. The Bertz CT molecular complexity index is 1580. The Hall–Kier alpha value is -5.12. The molecule has 0 bridgehead atoms. The van der Waals surface area contributed by atoms with E-state index in [1.807, 2.05) is 74.5 Å². The van der Waals surface area contributed by atoms with Gasteiger partial charge < -0.3 is 19.7 Å². The lowest BCUT2D eigenvalue weighted by molar-refractivity contribution is 0.414. The number of aromatic nitrogens is 5. The van der Waals surface area contributed by atoms with Gasteiger partial charge in [0, 0.05) is 24.8 Å². The summed E-state index contributed by atoms with van der Waals surface area (Å²) in [7, 11) is 3.29. The minimum atomic E-state index is -0.449. The van der Waals surface area contributed by atoms with Crippen LogP contribution >= 0.6 is 0 Å². The number of hydrogen-bond donors (Lipinski definition) is 1. The maximum atomic E-state index is 13.8. The average molecular weight is 552 g/mol. The van der Waals surface area contributed by atoms with Crippen molar-refractivity contribution in [3.05, 3.63) is 108 Å². The molecule has 0 atom stereocenters. The Morgan fingerprint density at radius 3 is 1.98 bits per heavy atom. The summed E-state index contributed by atoms with van der Waals surface area (Å²) < 4.78 is 24.5. The topological polar surface area (TPSA) is 98.2 Å². The number of aryl methyl sites for hydroxylation is 2. The van der Waals surface area contributed by atoms with Crippen LogP contribution in [-0.4, -0.2) is 39.1 Å². The third kappa shape index (κ3) is 6.91. The number of halogens is 1. The molecule has 0 radical (unpaired) electrons. The number of methoxy groups -OCH3 is 2. The normalized spacial score (nSPS) is 10.8. The summed E-state index contributed by atoms with van der Waals surface area (Å²) in [5, 5.41) is 3.17. The minimum absolute atomic E-state index is 0.446. The van der Waals surface area contributed by atoms with Crippen molar-refractivity contribution >= 4 is 17.5 Å². The van der Waals surface area contributed by atoms with Crippen LogP contribution in [-0.2, 0) is 13.1 Å². The van der Waals surface area contributed by atoms with Crippen LogP contribution in [0.25, 0.3) is 11.4 Å². The summed E-state index contributed by atoms with van der Waals surface area (Å²) in [4.78, 5) is 24.9. The summed E-state index contributed by atoms with van der Waals surface area (Å²) in [5.74, 6) is 3.13. The van der Waals surface area contributed by atoms with Gasteiger partial charge in [-0.25, -0.2) is 14.4 Å². The van der Waals surface area contributed by atoms with Gasteiger partial charge >= 0.3 is 0 Å². The van der Waals surface area contributed by atoms with Crippen molar-refractivity contribution in [2.75, 3.05) is 24.4 Å². The lowest BCUT2D eigenvalue weighted by Crippen LogP contribution is -2.25. The van der Waals surface area contributed by atoms with E-state index in [0.29, 0.717) is 47.8 Å². The van der Waals surface area contributed by atoms with E-state index in [1.54, 1.807) is 14.2 Å². The van der Waals surface area contributed by atoms with Gasteiger partial charge in [-0.2, -0.15) is 9.97 Å². The average Bonchev–Trinajstić information content (AvgIpc) is 2.97. The van der Waals surface area contributed by atoms with Crippen molar-refractivity contribution in [3.8, 4) is 22.9 Å². The molecule has 0 saturated carbocycles. The Morgan fingerprint density at radius 2 is 1.39 bits per heavy atom. The molecule has 5 rings (SSSR count). The molecule has 0 amide bonds. The molecule has 0 aliphatic rings. The summed E-state index contributed by atoms with van der Waals surface area (Å²) >= 11 is 0. The largest absolute Gasteiger partial charge is 0.497 e. The molecule has 0 saturated heterocycles. The first-order chi connectivity index (χ1) is 19.9. The summed E-state index contributed by atoms with van der Waals surface area (Å²) in [5.41, 5.74) is 4.04. The fourth-order valence-corrected chi connectivity index (χ4v) is 4.28. The first-order valence-corrected chi connectivity index (χ1v) is 13.0. The van der Waals surface area contributed by atoms with Crippen molar-refractivity contribution in [1.82, 2.24) is 24.9 Å². The third-order valence-corrected chi connectivity index (χ3v) is 6.33. The number of rotatable bonds is 10. The molecular formula is C31H30FN7O2. The summed E-state index contributed by atoms with van der Waals surface area (Å²) in [6, 6.07) is 21.0. The number of pyridine rings is 2. The van der Waals surface area contributed by atoms with Gasteiger partial charge in [0.15, 0.2) is 5.82 Å². The van der Waals surface area contributed by atoms with Gasteiger partial charge in [-0.15, -0.1) is 0 Å². The Morgan fingerprint density at radius 1 is 0.756 bits per heavy atom. The second-order valence-electron chi connectivity index (χ2n) is 9.42. The number of anilines is 3. The van der Waals surface area contributed by atoms with Gasteiger partial charge in [0.25, 0.3) is 0 Å². The lowest BCUT2D eigenvalue weighted by Gasteiger charge is -2.24. The smallest absolute Gasteiger partial charge is 0.229 e. The number of nitrogens with one attached hydrogen (secondary N) is 1. The van der Waals surface area contributed by atoms with Gasteiger partial charge in [-0.3, -0.25) is 4.98 Å². The maximum Gasteiger partial charge on any atom is 0.229 e. The van der Waals surface area contributed by atoms with Gasteiger partial charge in [-0.1, -0.05) is 24.3 Å². The van der Waals surface area contributed by atoms with E-state index in [9.17, 15) is 4.39 Å². The number of nitrogens with zero attached hydrogens (tertiary/aromatic N) is 6. The minimum Gasteiger partial charge on any atom is -0.497 e. The van der Waals surface area contributed by atoms with Crippen molar-refractivity contribution in [1.29, 1.82) is 0 Å². The highest BCUT2D eigenvalue weighted by molar-refractivity contribution is 5.74. The van der Waals surface area contributed by atoms with Crippen LogP contribution in [0.3, 0.4) is 0 Å². The van der Waals surface area contributed by atoms with Crippen LogP contribution in [0.15, 0.2) is 79.1 Å². The van der Waals surface area contributed by atoms with Crippen LogP contribution in [0.1, 0.15) is 22.6 Å². The molecule has 0 unspecified atom stereocenters. The molecule has 208 valence electrons. The lowest BCUT2D eigenvalue weighted by atomic mass is 10.1. The first kappa shape index (κ1) is 27.4. The molecular weight excluding hydrogens is 521 g/mol. The molecule has 3 aromatic heterocycles. The predicted molar refractivity (Wildman–Crippen MR) is 156 cm³/mol. The molecule has 5 aromatic rings. The molecule has 2 aromatic carbocycles. The van der Waals surface area contributed by atoms with Gasteiger partial charge in [0.1, 0.15) is 29.0 Å². The van der Waals surface area contributed by atoms with Gasteiger partial charge in [0.2, 0.25) is 5.95 Å². The van der Waals surface area contributed by atoms with E-state index in [-0.39, 0.29) is 0 Å². The predicted octanol–water partition coefficient (Wildman–Crippen LogP) is 6.05. The van der Waals surface area contributed by atoms with Crippen molar-refractivity contribution < 1.29 is 13.9 Å². The molecule has 3 heterocycles. The monoisotopic (exact) mass is 551 g/mol. The van der Waals surface area contributed by atoms with E-state index in [2.05, 4.69) is 25.2 Å². The van der Waals surface area contributed by atoms with Crippen LogP contribution in [0.2, 0.25) is 0 Å². The van der Waals surface area contributed by atoms with E-state index in [1.165, 1.54) is 12.3 Å². The SMILES string of the molecule is COc1ccc(CN(Cc2ccc(OC)cc2)c2nc(C)nc(-c3ccc(C)nc3Nc3cncc(F)c3)n2)cc1. The Kier molecular flexibility index (Phi) is 8.28. The second kappa shape index (κ2) is 12.4. The summed E-state index contributed by atoms with van der Waals surface area (Å²) in [6.07, 6.45) is 2.68. The Labute approximate surface area is 238 Å². The number of ether oxygens (including phenoxy) is 2. The van der Waals surface area contributed by atoms with Gasteiger partial charge in [0.05, 0.1) is 37.9 Å². The maximum absolute atomic E-state index is 13.8. The van der Waals surface area contributed by atoms with Crippen molar-refractivity contribution in [2.45, 2.75) is 26.9 Å². The van der Waals surface area contributed by atoms with E-state index < -0.39 is 5.82 Å². The fourth-order valence-electron chi connectivity index (χ4n) is 4.28. The van der Waals surface area contributed by atoms with Crippen LogP contribution in [0.5, 0.6) is 11.5 Å². The molecule has 10 heteroatoms. The highest BCUT2D eigenvalue weighted by atomic mass is 19.1. The van der Waals surface area contributed by atoms with Crippen LogP contribution in [0, 0.1) is 19.7 Å². The van der Waals surface area contributed by atoms with Crippen molar-refractivity contribution in [3.63, 3.8) is 0 Å². The molecule has 0 fully saturated rings. The molecule has 0 aliphatic carbocycles. The van der Waals surface area contributed by atoms with E-state index in [0.717, 1.165) is 34.5 Å². The first-order valence-electron chi connectivity index (χ1n) is 13.0. The van der Waals surface area contributed by atoms with Crippen molar-refractivity contribution in [2.24, 2.45) is 0 Å². The zero-order chi connectivity index (χ0) is 28.8. The molecule has 41 heavy (non-hydrogen) atoms. The highest BCUT2D eigenvalue weighted by Gasteiger charge is 2.18. The zero-order valence-corrected chi connectivity index (χ0v) is 23.3. The van der Waals surface area contributed by atoms with Crippen LogP contribution < -0.4 is 19.7 Å².